The van der Waals surface area contributed by atoms with Crippen molar-refractivity contribution in [3.63, 3.8) is 0 Å². The van der Waals surface area contributed by atoms with Gasteiger partial charge < -0.3 is 19.9 Å². The molecule has 1 aromatic rings. The van der Waals surface area contributed by atoms with E-state index < -0.39 is 12.0 Å². The minimum atomic E-state index is -0.885. The lowest BCUT2D eigenvalue weighted by Crippen LogP contribution is -2.22. The summed E-state index contributed by atoms with van der Waals surface area (Å²) in [5.41, 5.74) is 6.30. The maximum absolute atomic E-state index is 11.4. The fourth-order valence-corrected chi connectivity index (χ4v) is 1.97. The Morgan fingerprint density at radius 2 is 2.17 bits per heavy atom. The van der Waals surface area contributed by atoms with Crippen molar-refractivity contribution in [3.8, 4) is 11.5 Å². The van der Waals surface area contributed by atoms with Crippen LogP contribution in [0.3, 0.4) is 0 Å². The molecule has 0 radical (unpaired) electrons. The molecule has 1 unspecified atom stereocenters. The molecule has 6 heteroatoms. The number of hydrogen-bond acceptors (Lipinski definition) is 5. The van der Waals surface area contributed by atoms with Crippen LogP contribution in [0.25, 0.3) is 0 Å². The molecule has 2 N–H and O–H groups in total. The molecule has 1 aliphatic rings. The van der Waals surface area contributed by atoms with Crippen LogP contribution in [0.2, 0.25) is 5.02 Å². The predicted octanol–water partition coefficient (Wildman–Crippen LogP) is 1.67. The second-order valence-corrected chi connectivity index (χ2v) is 4.29. The number of methoxy groups -OCH3 is 1. The number of esters is 1. The summed E-state index contributed by atoms with van der Waals surface area (Å²) in [5, 5.41) is 0.378. The maximum Gasteiger partial charge on any atom is 0.327 e. The van der Waals surface area contributed by atoms with E-state index in [1.807, 2.05) is 0 Å². The Kier molecular flexibility index (Phi) is 3.93. The fraction of sp³-hybridized carbons (Fsp3) is 0.417. The molecule has 1 aromatic carbocycles. The van der Waals surface area contributed by atoms with Gasteiger partial charge in [0.15, 0.2) is 11.5 Å². The molecule has 0 saturated carbocycles. The van der Waals surface area contributed by atoms with Crippen molar-refractivity contribution in [2.75, 3.05) is 20.3 Å². The third kappa shape index (κ3) is 2.52. The lowest BCUT2D eigenvalue weighted by Gasteiger charge is -2.14. The molecular weight excluding hydrogens is 258 g/mol. The number of halogens is 1. The van der Waals surface area contributed by atoms with Gasteiger partial charge in [0, 0.05) is 6.42 Å². The van der Waals surface area contributed by atoms with Crippen molar-refractivity contribution in [3.05, 3.63) is 22.7 Å². The van der Waals surface area contributed by atoms with Crippen molar-refractivity contribution in [1.29, 1.82) is 0 Å². The Labute approximate surface area is 110 Å². The van der Waals surface area contributed by atoms with E-state index in [4.69, 9.17) is 26.8 Å². The first-order valence-electron chi connectivity index (χ1n) is 5.56. The number of benzene rings is 1. The molecule has 1 aliphatic heterocycles. The van der Waals surface area contributed by atoms with Gasteiger partial charge >= 0.3 is 5.97 Å². The van der Waals surface area contributed by atoms with Crippen LogP contribution in [0.4, 0.5) is 0 Å². The third-order valence-electron chi connectivity index (χ3n) is 2.64. The Morgan fingerprint density at radius 1 is 1.44 bits per heavy atom. The molecular formula is C12H14ClNO4. The molecule has 0 aliphatic carbocycles. The van der Waals surface area contributed by atoms with Crippen molar-refractivity contribution in [2.45, 2.75) is 12.5 Å². The molecule has 0 bridgehead atoms. The summed E-state index contributed by atoms with van der Waals surface area (Å²) >= 11 is 6.10. The Bertz CT molecular complexity index is 464. The van der Waals surface area contributed by atoms with Gasteiger partial charge in [0.25, 0.3) is 0 Å². The first kappa shape index (κ1) is 13.0. The largest absolute Gasteiger partial charge is 0.489 e. The number of carbonyl (C=O) groups is 1. The van der Waals surface area contributed by atoms with E-state index in [-0.39, 0.29) is 0 Å². The van der Waals surface area contributed by atoms with Crippen molar-refractivity contribution >= 4 is 17.6 Å². The molecule has 1 atom stereocenters. The van der Waals surface area contributed by atoms with Crippen LogP contribution in [0.1, 0.15) is 18.0 Å². The number of rotatable bonds is 2. The molecule has 0 aromatic heterocycles. The lowest BCUT2D eigenvalue weighted by molar-refractivity contribution is -0.142. The molecule has 2 rings (SSSR count). The van der Waals surface area contributed by atoms with Gasteiger partial charge in [-0.15, -0.1) is 0 Å². The molecule has 0 saturated heterocycles. The van der Waals surface area contributed by atoms with Crippen molar-refractivity contribution in [2.24, 2.45) is 5.73 Å². The standard InChI is InChI=1S/C12H14ClNO4/c1-16-12(15)10(14)7-5-8(13)11-9(6-7)17-3-2-4-18-11/h5-6,10H,2-4,14H2,1H3. The Hall–Kier alpha value is -1.46. The summed E-state index contributed by atoms with van der Waals surface area (Å²) in [4.78, 5) is 11.4. The fourth-order valence-electron chi connectivity index (χ4n) is 1.69. The van der Waals surface area contributed by atoms with Crippen LogP contribution < -0.4 is 15.2 Å². The quantitative estimate of drug-likeness (QED) is 0.829. The molecule has 18 heavy (non-hydrogen) atoms. The van der Waals surface area contributed by atoms with Crippen LogP contribution in [-0.4, -0.2) is 26.3 Å². The zero-order chi connectivity index (χ0) is 13.1. The van der Waals surface area contributed by atoms with E-state index in [9.17, 15) is 4.79 Å². The molecule has 1 heterocycles. The van der Waals surface area contributed by atoms with Gasteiger partial charge in [0.2, 0.25) is 0 Å². The summed E-state index contributed by atoms with van der Waals surface area (Å²) in [7, 11) is 1.28. The van der Waals surface area contributed by atoms with Crippen LogP contribution in [0.15, 0.2) is 12.1 Å². The van der Waals surface area contributed by atoms with Crippen LogP contribution in [-0.2, 0) is 9.53 Å². The lowest BCUT2D eigenvalue weighted by atomic mass is 10.1. The van der Waals surface area contributed by atoms with Gasteiger partial charge in [-0.3, -0.25) is 4.79 Å². The summed E-state index contributed by atoms with van der Waals surface area (Å²) in [6, 6.07) is 2.37. The molecule has 0 spiro atoms. The number of nitrogens with two attached hydrogens (primary N) is 1. The summed E-state index contributed by atoms with van der Waals surface area (Å²) < 4.78 is 15.6. The van der Waals surface area contributed by atoms with Crippen molar-refractivity contribution in [1.82, 2.24) is 0 Å². The van der Waals surface area contributed by atoms with Gasteiger partial charge in [-0.2, -0.15) is 0 Å². The van der Waals surface area contributed by atoms with Gasteiger partial charge in [-0.05, 0) is 17.7 Å². The zero-order valence-corrected chi connectivity index (χ0v) is 10.7. The maximum atomic E-state index is 11.4. The van der Waals surface area contributed by atoms with Crippen LogP contribution >= 0.6 is 11.6 Å². The second-order valence-electron chi connectivity index (χ2n) is 3.88. The normalized spacial score (nSPS) is 15.7. The third-order valence-corrected chi connectivity index (χ3v) is 2.92. The topological polar surface area (TPSA) is 70.8 Å². The van der Waals surface area contributed by atoms with Gasteiger partial charge in [0.1, 0.15) is 6.04 Å². The average Bonchev–Trinajstić information content (AvgIpc) is 2.62. The molecule has 0 fully saturated rings. The highest BCUT2D eigenvalue weighted by molar-refractivity contribution is 6.32. The van der Waals surface area contributed by atoms with E-state index in [0.29, 0.717) is 35.3 Å². The highest BCUT2D eigenvalue weighted by Crippen LogP contribution is 2.39. The highest BCUT2D eigenvalue weighted by Gasteiger charge is 2.22. The molecule has 0 amide bonds. The Morgan fingerprint density at radius 3 is 2.89 bits per heavy atom. The first-order valence-corrected chi connectivity index (χ1v) is 5.93. The van der Waals surface area contributed by atoms with Crippen molar-refractivity contribution < 1.29 is 19.0 Å². The van der Waals surface area contributed by atoms with Gasteiger partial charge in [0.05, 0.1) is 25.3 Å². The summed E-state index contributed by atoms with van der Waals surface area (Å²) in [6.07, 6.45) is 0.781. The minimum absolute atomic E-state index is 0.378. The van der Waals surface area contributed by atoms with Gasteiger partial charge in [-0.25, -0.2) is 0 Å². The first-order chi connectivity index (χ1) is 8.63. The number of hydrogen-bond donors (Lipinski definition) is 1. The summed E-state index contributed by atoms with van der Waals surface area (Å²) in [6.45, 7) is 1.09. The predicted molar refractivity (Wildman–Crippen MR) is 66.0 cm³/mol. The zero-order valence-electron chi connectivity index (χ0n) is 9.94. The average molecular weight is 272 g/mol. The van der Waals surface area contributed by atoms with E-state index >= 15 is 0 Å². The van der Waals surface area contributed by atoms with E-state index in [1.54, 1.807) is 12.1 Å². The molecule has 5 nitrogen and oxygen atoms in total. The van der Waals surface area contributed by atoms with E-state index in [0.717, 1.165) is 6.42 Å². The highest BCUT2D eigenvalue weighted by atomic mass is 35.5. The SMILES string of the molecule is COC(=O)C(N)c1cc(Cl)c2c(c1)OCCCO2. The summed E-state index contributed by atoms with van der Waals surface area (Å²) in [5.74, 6) is 0.477. The number of carbonyl (C=O) groups excluding carboxylic acids is 1. The monoisotopic (exact) mass is 271 g/mol. The smallest absolute Gasteiger partial charge is 0.327 e. The minimum Gasteiger partial charge on any atom is -0.489 e. The number of ether oxygens (including phenoxy) is 3. The van der Waals surface area contributed by atoms with Crippen LogP contribution in [0, 0.1) is 0 Å². The second kappa shape index (κ2) is 5.46. The van der Waals surface area contributed by atoms with Crippen LogP contribution in [0.5, 0.6) is 11.5 Å². The number of fused-ring (bicyclic) bond motifs is 1. The van der Waals surface area contributed by atoms with E-state index in [2.05, 4.69) is 4.74 Å². The Balaban J connectivity index is 2.37. The van der Waals surface area contributed by atoms with Gasteiger partial charge in [-0.1, -0.05) is 11.6 Å². The van der Waals surface area contributed by atoms with E-state index in [1.165, 1.54) is 7.11 Å². The molecule has 98 valence electrons.